The summed E-state index contributed by atoms with van der Waals surface area (Å²) in [6.07, 6.45) is 1.73. The van der Waals surface area contributed by atoms with Crippen molar-refractivity contribution in [2.45, 2.75) is 27.4 Å². The topological polar surface area (TPSA) is 50.9 Å². The Bertz CT molecular complexity index is 790. The fourth-order valence-corrected chi connectivity index (χ4v) is 2.46. The van der Waals surface area contributed by atoms with E-state index in [0.29, 0.717) is 0 Å². The van der Waals surface area contributed by atoms with Gasteiger partial charge in [0.2, 0.25) is 0 Å². The van der Waals surface area contributed by atoms with Crippen LogP contribution in [0, 0.1) is 20.8 Å². The second-order valence-electron chi connectivity index (χ2n) is 5.02. The molecule has 102 valence electrons. The zero-order valence-electron chi connectivity index (χ0n) is 11.9. The van der Waals surface area contributed by atoms with Crippen molar-refractivity contribution in [2.24, 2.45) is 0 Å². The van der Waals surface area contributed by atoms with Gasteiger partial charge in [0.15, 0.2) is 5.82 Å². The quantitative estimate of drug-likeness (QED) is 0.776. The highest BCUT2D eigenvalue weighted by Crippen LogP contribution is 2.25. The second kappa shape index (κ2) is 4.72. The van der Waals surface area contributed by atoms with Gasteiger partial charge in [0, 0.05) is 22.8 Å². The van der Waals surface area contributed by atoms with Crippen molar-refractivity contribution in [1.82, 2.24) is 14.8 Å². The number of aliphatic hydroxyl groups is 1. The standard InChI is InChI=1S/C16H17N3O/c1-10-11(2)18-19(12(10)3)16-15-7-5-4-6-14(15)13(9-20)8-17-16/h4-8,20H,9H2,1-3H3. The van der Waals surface area contributed by atoms with Gasteiger partial charge in [-0.15, -0.1) is 0 Å². The maximum absolute atomic E-state index is 9.44. The molecule has 2 heterocycles. The fourth-order valence-electron chi connectivity index (χ4n) is 2.46. The molecule has 0 atom stereocenters. The smallest absolute Gasteiger partial charge is 0.161 e. The van der Waals surface area contributed by atoms with E-state index in [4.69, 9.17) is 0 Å². The van der Waals surface area contributed by atoms with Crippen molar-refractivity contribution in [3.8, 4) is 5.82 Å². The van der Waals surface area contributed by atoms with Crippen LogP contribution < -0.4 is 0 Å². The minimum Gasteiger partial charge on any atom is -0.392 e. The highest BCUT2D eigenvalue weighted by Gasteiger charge is 2.13. The Morgan fingerprint density at radius 3 is 2.40 bits per heavy atom. The third-order valence-corrected chi connectivity index (χ3v) is 3.88. The normalized spacial score (nSPS) is 11.2. The Morgan fingerprint density at radius 2 is 1.80 bits per heavy atom. The van der Waals surface area contributed by atoms with Gasteiger partial charge < -0.3 is 5.11 Å². The first kappa shape index (κ1) is 12.8. The molecular weight excluding hydrogens is 250 g/mol. The van der Waals surface area contributed by atoms with Crippen LogP contribution in [0.5, 0.6) is 0 Å². The number of nitrogens with zero attached hydrogens (tertiary/aromatic N) is 3. The number of aryl methyl sites for hydroxylation is 1. The van der Waals surface area contributed by atoms with Gasteiger partial charge in [-0.25, -0.2) is 9.67 Å². The van der Waals surface area contributed by atoms with Crippen molar-refractivity contribution in [3.63, 3.8) is 0 Å². The number of rotatable bonds is 2. The SMILES string of the molecule is Cc1nn(-c2ncc(CO)c3ccccc23)c(C)c1C. The van der Waals surface area contributed by atoms with E-state index in [1.165, 1.54) is 5.56 Å². The summed E-state index contributed by atoms with van der Waals surface area (Å²) in [4.78, 5) is 4.50. The van der Waals surface area contributed by atoms with Gasteiger partial charge in [0.25, 0.3) is 0 Å². The molecule has 2 aromatic heterocycles. The fraction of sp³-hybridized carbons (Fsp3) is 0.250. The van der Waals surface area contributed by atoms with Gasteiger partial charge >= 0.3 is 0 Å². The third kappa shape index (κ3) is 1.80. The van der Waals surface area contributed by atoms with E-state index >= 15 is 0 Å². The monoisotopic (exact) mass is 267 g/mol. The third-order valence-electron chi connectivity index (χ3n) is 3.88. The molecule has 4 nitrogen and oxygen atoms in total. The van der Waals surface area contributed by atoms with Gasteiger partial charge in [-0.05, 0) is 31.7 Å². The summed E-state index contributed by atoms with van der Waals surface area (Å²) >= 11 is 0. The van der Waals surface area contributed by atoms with E-state index < -0.39 is 0 Å². The summed E-state index contributed by atoms with van der Waals surface area (Å²) in [6.45, 7) is 6.11. The summed E-state index contributed by atoms with van der Waals surface area (Å²) in [5.41, 5.74) is 4.13. The van der Waals surface area contributed by atoms with E-state index in [-0.39, 0.29) is 6.61 Å². The van der Waals surface area contributed by atoms with Crippen molar-refractivity contribution in [1.29, 1.82) is 0 Å². The molecule has 3 aromatic rings. The van der Waals surface area contributed by atoms with Crippen LogP contribution in [0.15, 0.2) is 30.5 Å². The Hall–Kier alpha value is -2.20. The van der Waals surface area contributed by atoms with Crippen LogP contribution in [0.2, 0.25) is 0 Å². The predicted molar refractivity (Wildman–Crippen MR) is 79.0 cm³/mol. The molecule has 0 amide bonds. The molecule has 4 heteroatoms. The molecule has 0 aliphatic heterocycles. The molecule has 1 aromatic carbocycles. The molecule has 0 aliphatic carbocycles. The molecule has 0 saturated carbocycles. The van der Waals surface area contributed by atoms with E-state index in [1.807, 2.05) is 42.8 Å². The van der Waals surface area contributed by atoms with E-state index in [2.05, 4.69) is 17.0 Å². The molecule has 0 fully saturated rings. The first-order valence-electron chi connectivity index (χ1n) is 6.64. The molecule has 0 spiro atoms. The first-order valence-corrected chi connectivity index (χ1v) is 6.64. The molecule has 20 heavy (non-hydrogen) atoms. The molecule has 1 N–H and O–H groups in total. The summed E-state index contributed by atoms with van der Waals surface area (Å²) in [7, 11) is 0. The maximum atomic E-state index is 9.44. The average molecular weight is 267 g/mol. The van der Waals surface area contributed by atoms with Crippen LogP contribution in [0.1, 0.15) is 22.5 Å². The molecule has 0 aliphatic rings. The second-order valence-corrected chi connectivity index (χ2v) is 5.02. The Kier molecular flexibility index (Phi) is 3.03. The van der Waals surface area contributed by atoms with E-state index in [0.717, 1.165) is 33.5 Å². The average Bonchev–Trinajstić information content (AvgIpc) is 2.73. The van der Waals surface area contributed by atoms with Gasteiger partial charge in [0.1, 0.15) is 0 Å². The van der Waals surface area contributed by atoms with Crippen LogP contribution in [0.4, 0.5) is 0 Å². The Labute approximate surface area is 117 Å². The minimum atomic E-state index is -0.00998. The number of aliphatic hydroxyl groups excluding tert-OH is 1. The van der Waals surface area contributed by atoms with E-state index in [1.54, 1.807) is 6.20 Å². The highest BCUT2D eigenvalue weighted by molar-refractivity contribution is 5.90. The number of hydrogen-bond donors (Lipinski definition) is 1. The zero-order valence-corrected chi connectivity index (χ0v) is 11.9. The van der Waals surface area contributed by atoms with Crippen molar-refractivity contribution >= 4 is 10.8 Å². The predicted octanol–water partition coefficient (Wildman–Crippen LogP) is 2.84. The number of hydrogen-bond acceptors (Lipinski definition) is 3. The minimum absolute atomic E-state index is 0.00998. The van der Waals surface area contributed by atoms with Crippen LogP contribution >= 0.6 is 0 Å². The highest BCUT2D eigenvalue weighted by atomic mass is 16.3. The summed E-state index contributed by atoms with van der Waals surface area (Å²) in [6, 6.07) is 7.97. The van der Waals surface area contributed by atoms with Crippen molar-refractivity contribution in [3.05, 3.63) is 53.0 Å². The summed E-state index contributed by atoms with van der Waals surface area (Å²) in [5.74, 6) is 0.812. The number of pyridine rings is 1. The zero-order chi connectivity index (χ0) is 14.3. The van der Waals surface area contributed by atoms with Crippen LogP contribution in [-0.2, 0) is 6.61 Å². The molecular formula is C16H17N3O. The lowest BCUT2D eigenvalue weighted by Crippen LogP contribution is -2.04. The first-order chi connectivity index (χ1) is 9.63. The van der Waals surface area contributed by atoms with Gasteiger partial charge in [-0.1, -0.05) is 24.3 Å². The molecule has 3 rings (SSSR count). The van der Waals surface area contributed by atoms with Gasteiger partial charge in [-0.2, -0.15) is 5.10 Å². The van der Waals surface area contributed by atoms with E-state index in [9.17, 15) is 5.11 Å². The lowest BCUT2D eigenvalue weighted by molar-refractivity contribution is 0.283. The van der Waals surface area contributed by atoms with Crippen molar-refractivity contribution in [2.75, 3.05) is 0 Å². The molecule has 0 radical (unpaired) electrons. The number of benzene rings is 1. The van der Waals surface area contributed by atoms with Gasteiger partial charge in [-0.3, -0.25) is 0 Å². The number of fused-ring (bicyclic) bond motifs is 1. The largest absolute Gasteiger partial charge is 0.392 e. The molecule has 0 bridgehead atoms. The Balaban J connectivity index is 2.35. The van der Waals surface area contributed by atoms with Crippen LogP contribution in [0.25, 0.3) is 16.6 Å². The lowest BCUT2D eigenvalue weighted by atomic mass is 10.1. The summed E-state index contributed by atoms with van der Waals surface area (Å²) in [5, 5.41) is 16.0. The van der Waals surface area contributed by atoms with Crippen LogP contribution in [0.3, 0.4) is 0 Å². The van der Waals surface area contributed by atoms with Crippen LogP contribution in [-0.4, -0.2) is 19.9 Å². The molecule has 0 unspecified atom stereocenters. The Morgan fingerprint density at radius 1 is 1.10 bits per heavy atom. The van der Waals surface area contributed by atoms with Gasteiger partial charge in [0.05, 0.1) is 12.3 Å². The maximum Gasteiger partial charge on any atom is 0.161 e. The summed E-state index contributed by atoms with van der Waals surface area (Å²) < 4.78 is 1.88. The lowest BCUT2D eigenvalue weighted by Gasteiger charge is -2.10. The molecule has 0 saturated heterocycles. The number of aromatic nitrogens is 3. The van der Waals surface area contributed by atoms with Crippen molar-refractivity contribution < 1.29 is 5.11 Å².